The van der Waals surface area contributed by atoms with Gasteiger partial charge in [0.15, 0.2) is 0 Å². The van der Waals surface area contributed by atoms with Gasteiger partial charge in [-0.25, -0.2) is 4.79 Å². The summed E-state index contributed by atoms with van der Waals surface area (Å²) in [5.74, 6) is -5.64. The molecule has 31 heavy (non-hydrogen) atoms. The maximum Gasteiger partial charge on any atom is 0.326 e. The number of hydrogen-bond acceptors (Lipinski definition) is 8. The lowest BCUT2D eigenvalue weighted by atomic mass is 10.1. The number of carbonyl (C=O) groups is 6. The van der Waals surface area contributed by atoms with Crippen molar-refractivity contribution in [3.8, 4) is 0 Å². The highest BCUT2D eigenvalue weighted by molar-refractivity contribution is 5.96. The third-order valence-corrected chi connectivity index (χ3v) is 4.52. The van der Waals surface area contributed by atoms with Crippen molar-refractivity contribution >= 4 is 35.5 Å². The minimum Gasteiger partial charge on any atom is -0.480 e. The maximum atomic E-state index is 12.5. The monoisotopic (exact) mass is 444 g/mol. The van der Waals surface area contributed by atoms with Gasteiger partial charge in [0.2, 0.25) is 29.5 Å². The number of carboxylic acid groups (broad SMARTS) is 1. The molecule has 14 heteroatoms. The number of carboxylic acids is 1. The smallest absolute Gasteiger partial charge is 0.326 e. The van der Waals surface area contributed by atoms with Gasteiger partial charge in [-0.2, -0.15) is 0 Å². The Morgan fingerprint density at radius 1 is 0.935 bits per heavy atom. The van der Waals surface area contributed by atoms with E-state index in [2.05, 4.69) is 21.3 Å². The van der Waals surface area contributed by atoms with Crippen molar-refractivity contribution < 1.29 is 39.0 Å². The maximum absolute atomic E-state index is 12.5. The van der Waals surface area contributed by atoms with Crippen molar-refractivity contribution in [3.63, 3.8) is 0 Å². The molecule has 14 nitrogen and oxygen atoms in total. The number of rotatable bonds is 13. The molecule has 1 aliphatic heterocycles. The molecule has 0 aliphatic carbocycles. The van der Waals surface area contributed by atoms with E-state index < -0.39 is 72.7 Å². The summed E-state index contributed by atoms with van der Waals surface area (Å²) in [7, 11) is 0. The van der Waals surface area contributed by atoms with Crippen LogP contribution in [0.25, 0.3) is 0 Å². The minimum absolute atomic E-state index is 0.294. The fourth-order valence-electron chi connectivity index (χ4n) is 2.87. The van der Waals surface area contributed by atoms with Crippen LogP contribution in [0.3, 0.4) is 0 Å². The van der Waals surface area contributed by atoms with E-state index in [0.717, 1.165) is 6.42 Å². The first-order chi connectivity index (χ1) is 14.5. The lowest BCUT2D eigenvalue weighted by molar-refractivity contribution is -0.143. The van der Waals surface area contributed by atoms with Gasteiger partial charge in [-0.3, -0.25) is 24.0 Å². The van der Waals surface area contributed by atoms with E-state index in [0.29, 0.717) is 13.0 Å². The van der Waals surface area contributed by atoms with E-state index in [1.807, 2.05) is 0 Å². The summed E-state index contributed by atoms with van der Waals surface area (Å²) in [4.78, 5) is 70.4. The second-order valence-electron chi connectivity index (χ2n) is 7.03. The lowest BCUT2D eigenvalue weighted by Gasteiger charge is -2.23. The number of aliphatic hydroxyl groups excluding tert-OH is 1. The van der Waals surface area contributed by atoms with Crippen LogP contribution in [-0.2, 0) is 28.8 Å². The molecule has 0 bridgehead atoms. The molecule has 1 fully saturated rings. The van der Waals surface area contributed by atoms with Crippen molar-refractivity contribution in [2.75, 3.05) is 13.2 Å². The second kappa shape index (κ2) is 12.4. The number of amides is 5. The molecule has 0 aromatic heterocycles. The van der Waals surface area contributed by atoms with Crippen LogP contribution in [0.4, 0.5) is 0 Å². The Morgan fingerprint density at radius 2 is 1.55 bits per heavy atom. The second-order valence-corrected chi connectivity index (χ2v) is 7.03. The molecule has 5 amide bonds. The SMILES string of the molecule is NC(=O)CCC(NC(=O)C(CO)NC(=O)C(CC(N)=O)NC(=O)C1CCCN1)C(=O)O. The van der Waals surface area contributed by atoms with Gasteiger partial charge in [-0.15, -0.1) is 0 Å². The molecule has 0 aromatic carbocycles. The molecule has 174 valence electrons. The van der Waals surface area contributed by atoms with Crippen LogP contribution in [-0.4, -0.2) is 83.0 Å². The summed E-state index contributed by atoms with van der Waals surface area (Å²) >= 11 is 0. The summed E-state index contributed by atoms with van der Waals surface area (Å²) in [6.45, 7) is -0.279. The molecule has 0 saturated carbocycles. The Labute approximate surface area is 177 Å². The number of aliphatic carboxylic acids is 1. The predicted molar refractivity (Wildman–Crippen MR) is 104 cm³/mol. The minimum atomic E-state index is -1.58. The van der Waals surface area contributed by atoms with E-state index in [9.17, 15) is 33.9 Å². The number of carbonyl (C=O) groups excluding carboxylic acids is 5. The number of primary amides is 2. The largest absolute Gasteiger partial charge is 0.480 e. The van der Waals surface area contributed by atoms with Crippen LogP contribution in [0.2, 0.25) is 0 Å². The van der Waals surface area contributed by atoms with Crippen LogP contribution in [0.5, 0.6) is 0 Å². The number of nitrogens with one attached hydrogen (secondary N) is 4. The molecule has 0 radical (unpaired) electrons. The van der Waals surface area contributed by atoms with Crippen molar-refractivity contribution in [2.45, 2.75) is 56.3 Å². The number of nitrogens with two attached hydrogens (primary N) is 2. The molecule has 1 rings (SSSR count). The molecule has 1 heterocycles. The van der Waals surface area contributed by atoms with Gasteiger partial charge in [0.1, 0.15) is 18.1 Å². The highest BCUT2D eigenvalue weighted by Crippen LogP contribution is 2.06. The zero-order valence-corrected chi connectivity index (χ0v) is 16.8. The quantitative estimate of drug-likeness (QED) is 0.136. The van der Waals surface area contributed by atoms with E-state index >= 15 is 0 Å². The van der Waals surface area contributed by atoms with Gasteiger partial charge in [-0.1, -0.05) is 0 Å². The van der Waals surface area contributed by atoms with Crippen molar-refractivity contribution in [3.05, 3.63) is 0 Å². The van der Waals surface area contributed by atoms with Gasteiger partial charge < -0.3 is 42.9 Å². The van der Waals surface area contributed by atoms with Gasteiger partial charge in [0, 0.05) is 6.42 Å². The topological polar surface area (TPSA) is 243 Å². The molecule has 10 N–H and O–H groups in total. The normalized spacial score (nSPS) is 18.3. The third-order valence-electron chi connectivity index (χ3n) is 4.52. The average molecular weight is 444 g/mol. The van der Waals surface area contributed by atoms with E-state index in [1.165, 1.54) is 0 Å². The highest BCUT2D eigenvalue weighted by Gasteiger charge is 2.32. The van der Waals surface area contributed by atoms with Gasteiger partial charge in [-0.05, 0) is 25.8 Å². The lowest BCUT2D eigenvalue weighted by Crippen LogP contribution is -2.58. The molecular formula is C17H28N6O8. The molecule has 1 aliphatic rings. The van der Waals surface area contributed by atoms with Crippen LogP contribution in [0.15, 0.2) is 0 Å². The molecule has 4 atom stereocenters. The Balaban J connectivity index is 2.78. The molecule has 0 spiro atoms. The van der Waals surface area contributed by atoms with E-state index in [1.54, 1.807) is 0 Å². The Hall–Kier alpha value is -3.26. The van der Waals surface area contributed by atoms with Crippen molar-refractivity contribution in [1.82, 2.24) is 21.3 Å². The molecule has 4 unspecified atom stereocenters. The fraction of sp³-hybridized carbons (Fsp3) is 0.647. The van der Waals surface area contributed by atoms with Crippen molar-refractivity contribution in [1.29, 1.82) is 0 Å². The zero-order chi connectivity index (χ0) is 23.6. The van der Waals surface area contributed by atoms with Crippen LogP contribution >= 0.6 is 0 Å². The van der Waals surface area contributed by atoms with Gasteiger partial charge >= 0.3 is 5.97 Å². The number of hydrogen-bond donors (Lipinski definition) is 8. The zero-order valence-electron chi connectivity index (χ0n) is 16.8. The Morgan fingerprint density at radius 3 is 2.03 bits per heavy atom. The predicted octanol–water partition coefficient (Wildman–Crippen LogP) is -4.59. The van der Waals surface area contributed by atoms with Crippen molar-refractivity contribution in [2.24, 2.45) is 11.5 Å². The Kier molecular flexibility index (Phi) is 10.3. The Bertz CT molecular complexity index is 709. The van der Waals surface area contributed by atoms with Gasteiger partial charge in [0.25, 0.3) is 0 Å². The summed E-state index contributed by atoms with van der Waals surface area (Å²) in [6.07, 6.45) is 0.144. The average Bonchev–Trinajstić information content (AvgIpc) is 3.22. The first-order valence-electron chi connectivity index (χ1n) is 9.59. The summed E-state index contributed by atoms with van der Waals surface area (Å²) < 4.78 is 0. The first-order valence-corrected chi connectivity index (χ1v) is 9.59. The summed E-state index contributed by atoms with van der Waals surface area (Å²) in [5, 5.41) is 28.1. The van der Waals surface area contributed by atoms with Crippen LogP contribution < -0.4 is 32.7 Å². The van der Waals surface area contributed by atoms with E-state index in [4.69, 9.17) is 16.6 Å². The number of aliphatic hydroxyl groups is 1. The highest BCUT2D eigenvalue weighted by atomic mass is 16.4. The standard InChI is InChI=1S/C17H28N6O8/c18-12(25)4-3-9(17(30)31)21-16(29)11(7-24)23-15(28)10(6-13(19)26)22-14(27)8-2-1-5-20-8/h8-11,20,24H,1-7H2,(H2,18,25)(H2,19,26)(H,21,29)(H,22,27)(H,23,28)(H,30,31). The molecular weight excluding hydrogens is 416 g/mol. The first kappa shape index (κ1) is 25.8. The molecule has 0 aromatic rings. The third kappa shape index (κ3) is 8.96. The summed E-state index contributed by atoms with van der Waals surface area (Å²) in [5.41, 5.74) is 10.1. The van der Waals surface area contributed by atoms with Crippen LogP contribution in [0.1, 0.15) is 32.1 Å². The summed E-state index contributed by atoms with van der Waals surface area (Å²) in [6, 6.07) is -5.01. The fourth-order valence-corrected chi connectivity index (χ4v) is 2.87. The van der Waals surface area contributed by atoms with Crippen LogP contribution in [0, 0.1) is 0 Å². The molecule has 1 saturated heterocycles. The van der Waals surface area contributed by atoms with E-state index in [-0.39, 0.29) is 12.8 Å². The van der Waals surface area contributed by atoms with Gasteiger partial charge in [0.05, 0.1) is 19.1 Å².